The molecule has 0 bridgehead atoms. The van der Waals surface area contributed by atoms with E-state index in [0.717, 1.165) is 49.4 Å². The second kappa shape index (κ2) is 10.6. The van der Waals surface area contributed by atoms with Gasteiger partial charge in [0.15, 0.2) is 14.0 Å². The van der Waals surface area contributed by atoms with Gasteiger partial charge in [-0.3, -0.25) is 4.79 Å². The molecule has 1 aliphatic rings. The minimum Gasteiger partial charge on any atom is -0.421 e. The van der Waals surface area contributed by atoms with E-state index in [1.807, 2.05) is 55.4 Å². The Morgan fingerprint density at radius 1 is 1.09 bits per heavy atom. The zero-order valence-electron chi connectivity index (χ0n) is 20.3. The van der Waals surface area contributed by atoms with Gasteiger partial charge in [-0.2, -0.15) is 0 Å². The number of oxazole rings is 1. The van der Waals surface area contributed by atoms with E-state index < -0.39 is 13.9 Å². The summed E-state index contributed by atoms with van der Waals surface area (Å²) >= 11 is 0. The zero-order valence-corrected chi connectivity index (χ0v) is 21.3. The van der Waals surface area contributed by atoms with Crippen molar-refractivity contribution < 1.29 is 13.6 Å². The Labute approximate surface area is 194 Å². The molecular weight excluding hydrogens is 416 g/mol. The molecule has 1 aromatic heterocycles. The lowest BCUT2D eigenvalue weighted by Gasteiger charge is -2.42. The summed E-state index contributed by atoms with van der Waals surface area (Å²) in [5, 5.41) is 0. The van der Waals surface area contributed by atoms with Crippen LogP contribution in [-0.4, -0.2) is 33.2 Å². The molecule has 1 fully saturated rings. The molecule has 0 radical (unpaired) electrons. The van der Waals surface area contributed by atoms with Crippen LogP contribution in [0.1, 0.15) is 74.8 Å². The van der Waals surface area contributed by atoms with E-state index >= 15 is 0 Å². The number of aromatic nitrogens is 1. The molecule has 0 N–H and O–H groups in total. The number of benzene rings is 1. The molecule has 0 atom stereocenters. The number of rotatable bonds is 10. The zero-order chi connectivity index (χ0) is 23.2. The van der Waals surface area contributed by atoms with Gasteiger partial charge in [-0.05, 0) is 42.6 Å². The second-order valence-electron chi connectivity index (χ2n) is 9.08. The molecule has 5 nitrogen and oxygen atoms in total. The third-order valence-electron chi connectivity index (χ3n) is 6.87. The first-order chi connectivity index (χ1) is 15.4. The van der Waals surface area contributed by atoms with E-state index in [1.165, 1.54) is 6.42 Å². The standard InChI is InChI=1S/C26H38N2O3Si/c1-6-32(7-2,8-3)31-26(19-13-10-14-20-26)25-27-23(24(30-25)28(4)5)22(29)18-17-21-15-11-9-12-16-21/h9,11-12,15-18H,6-8,10,13-14,19-20H2,1-5H3/b18-17+. The van der Waals surface area contributed by atoms with Gasteiger partial charge in [0.1, 0.15) is 5.60 Å². The van der Waals surface area contributed by atoms with Gasteiger partial charge in [0.2, 0.25) is 17.6 Å². The average Bonchev–Trinajstić information content (AvgIpc) is 3.29. The lowest BCUT2D eigenvalue weighted by atomic mass is 9.85. The van der Waals surface area contributed by atoms with Gasteiger partial charge in [0.05, 0.1) is 0 Å². The summed E-state index contributed by atoms with van der Waals surface area (Å²) in [5.41, 5.74) is 0.828. The summed E-state index contributed by atoms with van der Waals surface area (Å²) in [4.78, 5) is 19.8. The average molecular weight is 455 g/mol. The molecule has 2 aromatic rings. The minimum absolute atomic E-state index is 0.150. The maximum atomic E-state index is 13.1. The van der Waals surface area contributed by atoms with E-state index in [0.29, 0.717) is 17.5 Å². The summed E-state index contributed by atoms with van der Waals surface area (Å²) in [7, 11) is 1.88. The van der Waals surface area contributed by atoms with Crippen molar-refractivity contribution in [1.82, 2.24) is 4.98 Å². The van der Waals surface area contributed by atoms with E-state index in [9.17, 15) is 4.79 Å². The number of hydrogen-bond donors (Lipinski definition) is 0. The largest absolute Gasteiger partial charge is 0.421 e. The molecule has 1 heterocycles. The fourth-order valence-corrected chi connectivity index (χ4v) is 7.70. The van der Waals surface area contributed by atoms with Crippen molar-refractivity contribution in [2.24, 2.45) is 0 Å². The summed E-state index contributed by atoms with van der Waals surface area (Å²) < 4.78 is 13.4. The molecule has 1 aromatic carbocycles. The Kier molecular flexibility index (Phi) is 8.12. The summed E-state index contributed by atoms with van der Waals surface area (Å²) in [6.45, 7) is 6.75. The number of ketones is 1. The quantitative estimate of drug-likeness (QED) is 0.224. The number of allylic oxidation sites excluding steroid dienone is 1. The summed E-state index contributed by atoms with van der Waals surface area (Å²) in [6, 6.07) is 13.1. The van der Waals surface area contributed by atoms with Gasteiger partial charge in [-0.1, -0.05) is 76.4 Å². The van der Waals surface area contributed by atoms with Crippen LogP contribution < -0.4 is 4.90 Å². The van der Waals surface area contributed by atoms with Crippen LogP contribution in [0.2, 0.25) is 18.1 Å². The molecular formula is C26H38N2O3Si. The van der Waals surface area contributed by atoms with Crippen LogP contribution in [0.25, 0.3) is 6.08 Å². The smallest absolute Gasteiger partial charge is 0.228 e. The first kappa shape index (κ1) is 24.5. The van der Waals surface area contributed by atoms with Crippen LogP contribution >= 0.6 is 0 Å². The normalized spacial score (nSPS) is 16.4. The highest BCUT2D eigenvalue weighted by atomic mass is 28.4. The molecule has 32 heavy (non-hydrogen) atoms. The number of hydrogen-bond acceptors (Lipinski definition) is 5. The van der Waals surface area contributed by atoms with Crippen molar-refractivity contribution in [3.63, 3.8) is 0 Å². The lowest BCUT2D eigenvalue weighted by Crippen LogP contribution is -2.47. The van der Waals surface area contributed by atoms with Crippen LogP contribution in [0.3, 0.4) is 0 Å². The van der Waals surface area contributed by atoms with Crippen molar-refractivity contribution in [1.29, 1.82) is 0 Å². The number of carbonyl (C=O) groups is 1. The van der Waals surface area contributed by atoms with Crippen LogP contribution in [0.4, 0.5) is 5.88 Å². The SMILES string of the molecule is CC[Si](CC)(CC)OC1(c2nc(C(=O)/C=C/c3ccccc3)c(N(C)C)o2)CCCCC1. The summed E-state index contributed by atoms with van der Waals surface area (Å²) in [6.07, 6.45) is 8.62. The van der Waals surface area contributed by atoms with Gasteiger partial charge in [0, 0.05) is 14.1 Å². The Morgan fingerprint density at radius 3 is 2.28 bits per heavy atom. The third kappa shape index (κ3) is 5.23. The maximum Gasteiger partial charge on any atom is 0.228 e. The first-order valence-corrected chi connectivity index (χ1v) is 14.6. The van der Waals surface area contributed by atoms with E-state index in [4.69, 9.17) is 13.8 Å². The topological polar surface area (TPSA) is 55.6 Å². The van der Waals surface area contributed by atoms with Crippen LogP contribution in [-0.2, 0) is 10.0 Å². The highest BCUT2D eigenvalue weighted by Crippen LogP contribution is 2.45. The molecule has 0 saturated heterocycles. The molecule has 0 unspecified atom stereocenters. The molecule has 1 saturated carbocycles. The molecule has 6 heteroatoms. The van der Waals surface area contributed by atoms with Crippen molar-refractivity contribution >= 4 is 26.1 Å². The van der Waals surface area contributed by atoms with Crippen molar-refractivity contribution in [3.05, 3.63) is 53.6 Å². The molecule has 0 aliphatic heterocycles. The van der Waals surface area contributed by atoms with Gasteiger partial charge in [-0.15, -0.1) is 0 Å². The monoisotopic (exact) mass is 454 g/mol. The number of anilines is 1. The van der Waals surface area contributed by atoms with Gasteiger partial charge < -0.3 is 13.7 Å². The molecule has 3 rings (SSSR count). The predicted molar refractivity (Wildman–Crippen MR) is 134 cm³/mol. The second-order valence-corrected chi connectivity index (χ2v) is 13.8. The van der Waals surface area contributed by atoms with Gasteiger partial charge in [-0.25, -0.2) is 4.98 Å². The predicted octanol–water partition coefficient (Wildman–Crippen LogP) is 6.82. The lowest BCUT2D eigenvalue weighted by molar-refractivity contribution is -0.00942. The summed E-state index contributed by atoms with van der Waals surface area (Å²) in [5.74, 6) is 0.945. The van der Waals surface area contributed by atoms with Crippen LogP contribution in [0.5, 0.6) is 0 Å². The fourth-order valence-electron chi connectivity index (χ4n) is 4.65. The van der Waals surface area contributed by atoms with Crippen molar-refractivity contribution in [3.8, 4) is 0 Å². The first-order valence-electron chi connectivity index (χ1n) is 12.0. The van der Waals surface area contributed by atoms with Crippen LogP contribution in [0, 0.1) is 0 Å². The highest BCUT2D eigenvalue weighted by molar-refractivity contribution is 6.73. The van der Waals surface area contributed by atoms with Crippen LogP contribution in [0.15, 0.2) is 40.8 Å². The molecule has 174 valence electrons. The third-order valence-corrected chi connectivity index (χ3v) is 11.6. The molecule has 0 spiro atoms. The molecule has 1 aliphatic carbocycles. The van der Waals surface area contributed by atoms with Gasteiger partial charge in [0.25, 0.3) is 0 Å². The molecule has 0 amide bonds. The number of nitrogens with zero attached hydrogens (tertiary/aromatic N) is 2. The minimum atomic E-state index is -1.89. The highest BCUT2D eigenvalue weighted by Gasteiger charge is 2.46. The number of carbonyl (C=O) groups excluding carboxylic acids is 1. The fraction of sp³-hybridized carbons (Fsp3) is 0.538. The van der Waals surface area contributed by atoms with Crippen molar-refractivity contribution in [2.45, 2.75) is 76.6 Å². The van der Waals surface area contributed by atoms with E-state index in [1.54, 1.807) is 6.08 Å². The van der Waals surface area contributed by atoms with Gasteiger partial charge >= 0.3 is 0 Å². The van der Waals surface area contributed by atoms with E-state index in [-0.39, 0.29) is 5.78 Å². The Hall–Kier alpha value is -2.18. The van der Waals surface area contributed by atoms with E-state index in [2.05, 4.69) is 20.8 Å². The van der Waals surface area contributed by atoms with Crippen molar-refractivity contribution in [2.75, 3.05) is 19.0 Å². The Bertz CT molecular complexity index is 902. The maximum absolute atomic E-state index is 13.1. The Morgan fingerprint density at radius 2 is 1.72 bits per heavy atom. The Balaban J connectivity index is 1.99.